The first-order valence-electron chi connectivity index (χ1n) is 46.3. The van der Waals surface area contributed by atoms with Gasteiger partial charge in [0.05, 0.1) is 30.8 Å². The van der Waals surface area contributed by atoms with Crippen molar-refractivity contribution in [2.45, 2.75) is 262 Å². The fourth-order valence-corrected chi connectivity index (χ4v) is 26.3. The zero-order valence-electron chi connectivity index (χ0n) is 73.1. The van der Waals surface area contributed by atoms with Crippen LogP contribution in [0.1, 0.15) is 279 Å². The second-order valence-electron chi connectivity index (χ2n) is 38.8. The van der Waals surface area contributed by atoms with E-state index in [1.807, 2.05) is 59.0 Å². The van der Waals surface area contributed by atoms with Crippen LogP contribution in [0.5, 0.6) is 0 Å². The lowest BCUT2D eigenvalue weighted by Crippen LogP contribution is -2.71. The van der Waals surface area contributed by atoms with Gasteiger partial charge in [0.15, 0.2) is 0 Å². The SMILES string of the molecule is C.C/C=C/c1cc(F)c([C@@H]2C3=C(C[C@@H](CC)N2C24CC(C2)C4)c2ccccc2C3)c(F)c1.C/C=C/c1cc(F)c([C@@H]2C3=C(C[C@@H](CC)N2[C@@H]2CCOC2)c2ccccc2C3)c(F)c1.C/C=C/c1cc(F)c([C@@H]2c3c(c4ccccc4n3C)C[C@@H](C)N2C23CC(C2)C3)c(F)c1.C/C=C/c1cc(F)c([C@H]2C3=C(C[C@H](CC)N2C24CC(C2)C4)c2ccccc2C3)c(F)c1. The molecule has 1 aromatic heterocycles. The van der Waals surface area contributed by atoms with Crippen molar-refractivity contribution in [1.82, 2.24) is 24.2 Å². The Morgan fingerprint density at radius 1 is 0.400 bits per heavy atom. The lowest BCUT2D eigenvalue weighted by molar-refractivity contribution is -0.176. The van der Waals surface area contributed by atoms with Gasteiger partial charge in [-0.15, -0.1) is 0 Å². The Kier molecular flexibility index (Phi) is 22.8. The molecular formula is C111H119F8N5O. The number of benzene rings is 8. The van der Waals surface area contributed by atoms with Crippen molar-refractivity contribution in [3.63, 3.8) is 0 Å². The van der Waals surface area contributed by atoms with Gasteiger partial charge in [-0.1, -0.05) is 168 Å². The average molecular weight is 1690 g/mol. The van der Waals surface area contributed by atoms with Crippen LogP contribution < -0.4 is 0 Å². The number of nitrogens with zero attached hydrogens (tertiary/aromatic N) is 5. The molecule has 5 aliphatic heterocycles. The maximum atomic E-state index is 15.6. The molecule has 6 bridgehead atoms. The molecule has 14 heteroatoms. The summed E-state index contributed by atoms with van der Waals surface area (Å²) in [6, 6.07) is 45.7. The van der Waals surface area contributed by atoms with E-state index in [-0.39, 0.29) is 76.5 Å². The lowest BCUT2D eigenvalue weighted by Gasteiger charge is -2.70. The molecule has 0 N–H and O–H groups in total. The van der Waals surface area contributed by atoms with Gasteiger partial charge in [-0.25, -0.2) is 35.1 Å². The highest BCUT2D eigenvalue weighted by Gasteiger charge is 2.67. The van der Waals surface area contributed by atoms with E-state index in [4.69, 9.17) is 4.74 Å². The summed E-state index contributed by atoms with van der Waals surface area (Å²) in [4.78, 5) is 9.99. The number of fused-ring (bicyclic) bond motifs is 9. The summed E-state index contributed by atoms with van der Waals surface area (Å²) in [5.74, 6) is -0.995. The molecule has 1 saturated heterocycles. The monoisotopic (exact) mass is 1690 g/mol. The Balaban J connectivity index is 0.000000109. The Hall–Kier alpha value is -9.28. The van der Waals surface area contributed by atoms with Crippen LogP contribution in [0.3, 0.4) is 0 Å². The molecule has 650 valence electrons. The second-order valence-corrected chi connectivity index (χ2v) is 38.8. The Morgan fingerprint density at radius 3 is 1.07 bits per heavy atom. The molecular weight excluding hydrogens is 1570 g/mol. The third-order valence-electron chi connectivity index (χ3n) is 31.8. The minimum Gasteiger partial charge on any atom is -0.380 e. The Morgan fingerprint density at radius 2 is 0.728 bits per heavy atom. The highest BCUT2D eigenvalue weighted by molar-refractivity contribution is 5.87. The lowest BCUT2D eigenvalue weighted by atomic mass is 9.48. The zero-order chi connectivity index (χ0) is 85.7. The number of aryl methyl sites for hydroxylation is 1. The molecule has 125 heavy (non-hydrogen) atoms. The minimum absolute atomic E-state index is 0. The topological polar surface area (TPSA) is 27.1 Å². The van der Waals surface area contributed by atoms with E-state index in [2.05, 4.69) is 143 Å². The van der Waals surface area contributed by atoms with Crippen molar-refractivity contribution >= 4 is 51.9 Å². The maximum absolute atomic E-state index is 15.6. The molecule has 0 amide bonds. The van der Waals surface area contributed by atoms with Gasteiger partial charge in [0.25, 0.3) is 0 Å². The van der Waals surface area contributed by atoms with E-state index < -0.39 is 58.6 Å². The molecule has 17 aliphatic rings. The summed E-state index contributed by atoms with van der Waals surface area (Å²) in [7, 11) is 2.05. The van der Waals surface area contributed by atoms with Crippen LogP contribution in [0.4, 0.5) is 35.1 Å². The molecule has 9 atom stereocenters. The van der Waals surface area contributed by atoms with Gasteiger partial charge in [0, 0.05) is 99.3 Å². The summed E-state index contributed by atoms with van der Waals surface area (Å²) < 4.78 is 133. The molecule has 6 nitrogen and oxygen atoms in total. The summed E-state index contributed by atoms with van der Waals surface area (Å²) in [5.41, 5.74) is 22.4. The fraction of sp³-hybridized carbons (Fsp3) is 0.423. The first-order chi connectivity index (χ1) is 60.1. The van der Waals surface area contributed by atoms with E-state index in [0.717, 1.165) is 124 Å². The molecule has 9 saturated carbocycles. The number of hydrogen-bond acceptors (Lipinski definition) is 5. The third kappa shape index (κ3) is 14.0. The number of para-hydroxylation sites is 1. The largest absolute Gasteiger partial charge is 0.380 e. The molecule has 8 aromatic carbocycles. The van der Waals surface area contributed by atoms with E-state index in [9.17, 15) is 0 Å². The van der Waals surface area contributed by atoms with Crippen LogP contribution >= 0.6 is 0 Å². The highest BCUT2D eigenvalue weighted by Crippen LogP contribution is 2.69. The number of aromatic nitrogens is 1. The number of rotatable bonds is 15. The summed E-state index contributed by atoms with van der Waals surface area (Å²) in [5, 5.41) is 1.21. The van der Waals surface area contributed by atoms with Gasteiger partial charge in [0.2, 0.25) is 0 Å². The van der Waals surface area contributed by atoms with Crippen molar-refractivity contribution < 1.29 is 39.9 Å². The molecule has 6 heterocycles. The Labute approximate surface area is 734 Å². The van der Waals surface area contributed by atoms with Gasteiger partial charge in [-0.05, 0) is 330 Å². The van der Waals surface area contributed by atoms with Crippen molar-refractivity contribution in [2.75, 3.05) is 13.2 Å². The molecule has 10 fully saturated rings. The predicted molar refractivity (Wildman–Crippen MR) is 491 cm³/mol. The molecule has 0 unspecified atom stereocenters. The van der Waals surface area contributed by atoms with Crippen LogP contribution in [0.2, 0.25) is 0 Å². The van der Waals surface area contributed by atoms with Crippen molar-refractivity contribution in [3.05, 3.63) is 322 Å². The van der Waals surface area contributed by atoms with Crippen molar-refractivity contribution in [1.29, 1.82) is 0 Å². The summed E-state index contributed by atoms with van der Waals surface area (Å²) >= 11 is 0. The predicted octanol–water partition coefficient (Wildman–Crippen LogP) is 27.5. The summed E-state index contributed by atoms with van der Waals surface area (Å²) in [6.07, 6.45) is 34.9. The van der Waals surface area contributed by atoms with Gasteiger partial charge < -0.3 is 9.30 Å². The standard InChI is InChI=1S/2C28H29F2N.C27H28F2N2.C27H29F2NO.CH4/c2*1-3-7-17-10-24(29)26(25(30)11-17)27-23-12-19-8-5-6-9-21(19)22(23)13-20(4-2)31(27)28-14-18(15-28)16-28;1-4-7-17-11-21(28)24(22(29)12-17)26-25-20(19-8-5-6-9-23(19)30(25)3)10-16(2)31(26)27-13-18(14-27)15-27;1-3-7-17-12-24(28)26(25(29)13-17)27-23-14-18-8-5-6-9-21(18)22(23)15-19(4-2)30(27)20-10-11-31-16-20;/h2*3,5-11,18,20,27H,4,12-16H2,1-2H3;4-9,11-12,16,18,26H,10,13-15H2,1-3H3;3,5-9,12-13,19-20,27H,4,10-11,14-16H2,1-2H3;1H4/b2*7-3+;7-4+;7-3+;/t2*18?,20-,27+,28?;16-,18?,26-,27?;19-,20-,27+;/m1011./s1. The van der Waals surface area contributed by atoms with Crippen LogP contribution in [-0.4, -0.2) is 84.2 Å². The van der Waals surface area contributed by atoms with Crippen molar-refractivity contribution in [3.8, 4) is 0 Å². The Bertz CT molecular complexity index is 5660. The normalized spacial score (nSPS) is 29.4. The van der Waals surface area contributed by atoms with Gasteiger partial charge in [-0.2, -0.15) is 0 Å². The fourth-order valence-electron chi connectivity index (χ4n) is 26.3. The van der Waals surface area contributed by atoms with Crippen LogP contribution in [0.15, 0.2) is 187 Å². The number of ether oxygens (including phenoxy) is 1. The number of halogens is 8. The molecule has 12 aliphatic carbocycles. The average Bonchev–Trinajstić information content (AvgIpc) is 1.68. The number of allylic oxidation sites excluding steroid dienone is 4. The van der Waals surface area contributed by atoms with E-state index in [1.165, 1.54) is 159 Å². The first kappa shape index (κ1) is 85.2. The van der Waals surface area contributed by atoms with E-state index >= 15 is 35.1 Å². The molecule has 0 radical (unpaired) electrons. The molecule has 26 rings (SSSR count). The minimum atomic E-state index is -0.457. The van der Waals surface area contributed by atoms with Gasteiger partial charge in [-0.3, -0.25) is 19.6 Å². The molecule has 9 aromatic rings. The van der Waals surface area contributed by atoms with Crippen LogP contribution in [-0.2, 0) is 37.5 Å². The summed E-state index contributed by atoms with van der Waals surface area (Å²) in [6.45, 7) is 17.7. The van der Waals surface area contributed by atoms with Gasteiger partial charge in [0.1, 0.15) is 46.5 Å². The van der Waals surface area contributed by atoms with Crippen LogP contribution in [0, 0.1) is 64.3 Å². The number of hydrogen-bond donors (Lipinski definition) is 0. The highest BCUT2D eigenvalue weighted by atomic mass is 19.2. The maximum Gasteiger partial charge on any atom is 0.131 e. The van der Waals surface area contributed by atoms with Crippen molar-refractivity contribution in [2.24, 2.45) is 24.8 Å². The molecule has 0 spiro atoms. The van der Waals surface area contributed by atoms with Gasteiger partial charge >= 0.3 is 0 Å². The first-order valence-corrected chi connectivity index (χ1v) is 46.3. The zero-order valence-corrected chi connectivity index (χ0v) is 73.1. The second kappa shape index (κ2) is 33.4. The van der Waals surface area contributed by atoms with Crippen LogP contribution in [0.25, 0.3) is 51.9 Å². The smallest absolute Gasteiger partial charge is 0.131 e. The van der Waals surface area contributed by atoms with E-state index in [1.54, 1.807) is 30.4 Å². The van der Waals surface area contributed by atoms with E-state index in [0.29, 0.717) is 47.6 Å². The quantitative estimate of drug-likeness (QED) is 0.0954. The third-order valence-corrected chi connectivity index (χ3v) is 31.8.